The van der Waals surface area contributed by atoms with Gasteiger partial charge in [0.25, 0.3) is 5.91 Å². The molecule has 0 aliphatic carbocycles. The van der Waals surface area contributed by atoms with E-state index in [2.05, 4.69) is 33.2 Å². The monoisotopic (exact) mass is 330 g/mol. The van der Waals surface area contributed by atoms with Crippen molar-refractivity contribution in [2.75, 3.05) is 11.9 Å². The zero-order valence-corrected chi connectivity index (χ0v) is 10.9. The number of carbonyl (C=O) groups excluding carboxylic acids is 2. The van der Waals surface area contributed by atoms with Gasteiger partial charge in [-0.25, -0.2) is 0 Å². The van der Waals surface area contributed by atoms with E-state index in [0.29, 0.717) is 11.3 Å². The van der Waals surface area contributed by atoms with Crippen LogP contribution in [0.4, 0.5) is 5.69 Å². The molecule has 1 aromatic rings. The summed E-state index contributed by atoms with van der Waals surface area (Å²) >= 11 is 2.13. The van der Waals surface area contributed by atoms with Crippen LogP contribution in [-0.4, -0.2) is 18.4 Å². The molecule has 0 saturated carbocycles. The van der Waals surface area contributed by atoms with Gasteiger partial charge in [-0.1, -0.05) is 6.92 Å². The fourth-order valence-corrected chi connectivity index (χ4v) is 2.44. The van der Waals surface area contributed by atoms with Crippen LogP contribution in [-0.2, 0) is 11.2 Å². The molecule has 2 N–H and O–H groups in total. The van der Waals surface area contributed by atoms with Gasteiger partial charge in [0.2, 0.25) is 5.91 Å². The van der Waals surface area contributed by atoms with Crippen LogP contribution in [0.3, 0.4) is 0 Å². The molecular weight excluding hydrogens is 319 g/mol. The first-order chi connectivity index (χ1) is 7.61. The van der Waals surface area contributed by atoms with E-state index in [1.54, 1.807) is 0 Å². The molecule has 1 aliphatic rings. The molecule has 2 rings (SSSR count). The van der Waals surface area contributed by atoms with E-state index in [0.717, 1.165) is 15.6 Å². The standard InChI is InChI=1S/C11H11IN2O2/c1-2-6-3-7-10(8(12)4-6)14-9(15)5-13-11(7)16/h3-4H,2,5H2,1H3,(H,13,16)(H,14,15). The van der Waals surface area contributed by atoms with Crippen molar-refractivity contribution in [1.82, 2.24) is 5.32 Å². The van der Waals surface area contributed by atoms with E-state index >= 15 is 0 Å². The lowest BCUT2D eigenvalue weighted by molar-refractivity contribution is -0.115. The molecule has 4 nitrogen and oxygen atoms in total. The van der Waals surface area contributed by atoms with Gasteiger partial charge in [0.05, 0.1) is 17.8 Å². The number of anilines is 1. The Morgan fingerprint density at radius 1 is 1.38 bits per heavy atom. The third kappa shape index (κ3) is 2.04. The molecular formula is C11H11IN2O2. The van der Waals surface area contributed by atoms with Crippen LogP contribution in [0, 0.1) is 3.57 Å². The summed E-state index contributed by atoms with van der Waals surface area (Å²) < 4.78 is 0.900. The van der Waals surface area contributed by atoms with Crippen LogP contribution in [0.1, 0.15) is 22.8 Å². The van der Waals surface area contributed by atoms with Crippen LogP contribution >= 0.6 is 22.6 Å². The predicted molar refractivity (Wildman–Crippen MR) is 69.5 cm³/mol. The maximum atomic E-state index is 11.8. The minimum absolute atomic E-state index is 0.0328. The summed E-state index contributed by atoms with van der Waals surface area (Å²) in [5.41, 5.74) is 2.27. The Morgan fingerprint density at radius 3 is 2.81 bits per heavy atom. The highest BCUT2D eigenvalue weighted by molar-refractivity contribution is 14.1. The van der Waals surface area contributed by atoms with E-state index in [4.69, 9.17) is 0 Å². The molecule has 16 heavy (non-hydrogen) atoms. The van der Waals surface area contributed by atoms with Crippen molar-refractivity contribution in [2.45, 2.75) is 13.3 Å². The first-order valence-electron chi connectivity index (χ1n) is 5.02. The molecule has 0 aromatic heterocycles. The summed E-state index contributed by atoms with van der Waals surface area (Å²) in [6.45, 7) is 2.07. The molecule has 0 unspecified atom stereocenters. The van der Waals surface area contributed by atoms with E-state index in [1.165, 1.54) is 0 Å². The zero-order valence-electron chi connectivity index (χ0n) is 8.76. The number of fused-ring (bicyclic) bond motifs is 1. The number of rotatable bonds is 1. The number of hydrogen-bond acceptors (Lipinski definition) is 2. The normalized spacial score (nSPS) is 14.9. The van der Waals surface area contributed by atoms with Crippen molar-refractivity contribution < 1.29 is 9.59 Å². The Morgan fingerprint density at radius 2 is 2.12 bits per heavy atom. The smallest absolute Gasteiger partial charge is 0.253 e. The number of amides is 2. The lowest BCUT2D eigenvalue weighted by Crippen LogP contribution is -2.28. The van der Waals surface area contributed by atoms with Crippen molar-refractivity contribution >= 4 is 40.1 Å². The number of carbonyl (C=O) groups is 2. The molecule has 1 aliphatic heterocycles. The van der Waals surface area contributed by atoms with Gasteiger partial charge in [-0.3, -0.25) is 9.59 Å². The predicted octanol–water partition coefficient (Wildman–Crippen LogP) is 1.54. The Balaban J connectivity index is 2.58. The Bertz CT molecular complexity index is 471. The van der Waals surface area contributed by atoms with Gasteiger partial charge in [-0.2, -0.15) is 0 Å². The molecule has 0 saturated heterocycles. The average molecular weight is 330 g/mol. The van der Waals surface area contributed by atoms with Gasteiger partial charge in [0.15, 0.2) is 0 Å². The van der Waals surface area contributed by atoms with Crippen LogP contribution < -0.4 is 10.6 Å². The largest absolute Gasteiger partial charge is 0.343 e. The van der Waals surface area contributed by atoms with E-state index in [1.807, 2.05) is 19.1 Å². The second-order valence-electron chi connectivity index (χ2n) is 3.58. The minimum Gasteiger partial charge on any atom is -0.343 e. The number of aryl methyl sites for hydroxylation is 1. The van der Waals surface area contributed by atoms with Crippen molar-refractivity contribution in [3.05, 3.63) is 26.8 Å². The third-order valence-electron chi connectivity index (χ3n) is 2.48. The van der Waals surface area contributed by atoms with Gasteiger partial charge in [0, 0.05) is 3.57 Å². The van der Waals surface area contributed by atoms with E-state index in [9.17, 15) is 9.59 Å². The van der Waals surface area contributed by atoms with Crippen LogP contribution in [0.25, 0.3) is 0 Å². The van der Waals surface area contributed by atoms with Crippen LogP contribution in [0.5, 0.6) is 0 Å². The quantitative estimate of drug-likeness (QED) is 0.768. The van der Waals surface area contributed by atoms with Crippen molar-refractivity contribution in [3.8, 4) is 0 Å². The zero-order chi connectivity index (χ0) is 11.7. The summed E-state index contributed by atoms with van der Waals surface area (Å²) in [6, 6.07) is 3.82. The molecule has 0 bridgehead atoms. The van der Waals surface area contributed by atoms with Gasteiger partial charge in [-0.05, 0) is 46.7 Å². The summed E-state index contributed by atoms with van der Waals surface area (Å²) in [6.07, 6.45) is 0.866. The number of nitrogens with one attached hydrogen (secondary N) is 2. The lowest BCUT2D eigenvalue weighted by Gasteiger charge is -2.09. The topological polar surface area (TPSA) is 58.2 Å². The SMILES string of the molecule is CCc1cc(I)c2c(c1)C(=O)NCC(=O)N2. The number of benzene rings is 1. The molecule has 0 spiro atoms. The summed E-state index contributed by atoms with van der Waals surface area (Å²) in [5.74, 6) is -0.379. The fourth-order valence-electron chi connectivity index (χ4n) is 1.61. The maximum absolute atomic E-state index is 11.8. The molecule has 0 atom stereocenters. The second-order valence-corrected chi connectivity index (χ2v) is 4.75. The van der Waals surface area contributed by atoms with Gasteiger partial charge < -0.3 is 10.6 Å². The first kappa shape index (κ1) is 11.4. The van der Waals surface area contributed by atoms with Gasteiger partial charge in [-0.15, -0.1) is 0 Å². The molecule has 1 heterocycles. The molecule has 5 heteroatoms. The second kappa shape index (κ2) is 4.40. The summed E-state index contributed by atoms with van der Waals surface area (Å²) in [5, 5.41) is 5.32. The van der Waals surface area contributed by atoms with Crippen molar-refractivity contribution in [1.29, 1.82) is 0 Å². The fraction of sp³-hybridized carbons (Fsp3) is 0.273. The number of hydrogen-bond donors (Lipinski definition) is 2. The van der Waals surface area contributed by atoms with Crippen molar-refractivity contribution in [3.63, 3.8) is 0 Å². The Hall–Kier alpha value is -1.11. The molecule has 0 radical (unpaired) electrons. The highest BCUT2D eigenvalue weighted by Gasteiger charge is 2.21. The summed E-state index contributed by atoms with van der Waals surface area (Å²) in [7, 11) is 0. The van der Waals surface area contributed by atoms with E-state index < -0.39 is 0 Å². The first-order valence-corrected chi connectivity index (χ1v) is 6.10. The van der Waals surface area contributed by atoms with Crippen LogP contribution in [0.2, 0.25) is 0 Å². The molecule has 0 fully saturated rings. The highest BCUT2D eigenvalue weighted by Crippen LogP contribution is 2.26. The third-order valence-corrected chi connectivity index (χ3v) is 3.33. The average Bonchev–Trinajstić information content (AvgIpc) is 2.41. The highest BCUT2D eigenvalue weighted by atomic mass is 127. The van der Waals surface area contributed by atoms with Crippen LogP contribution in [0.15, 0.2) is 12.1 Å². The van der Waals surface area contributed by atoms with E-state index in [-0.39, 0.29) is 18.4 Å². The molecule has 1 aromatic carbocycles. The lowest BCUT2D eigenvalue weighted by atomic mass is 10.1. The maximum Gasteiger partial charge on any atom is 0.253 e. The molecule has 2 amide bonds. The van der Waals surface area contributed by atoms with Gasteiger partial charge >= 0.3 is 0 Å². The molecule has 84 valence electrons. The Kier molecular flexibility index (Phi) is 3.13. The Labute approximate surface area is 107 Å². The summed E-state index contributed by atoms with van der Waals surface area (Å²) in [4.78, 5) is 23.1. The number of halogens is 1. The van der Waals surface area contributed by atoms with Crippen molar-refractivity contribution in [2.24, 2.45) is 0 Å². The van der Waals surface area contributed by atoms with Gasteiger partial charge in [0.1, 0.15) is 0 Å². The minimum atomic E-state index is -0.193.